The molecule has 0 unspecified atom stereocenters. The Morgan fingerprint density at radius 3 is 2.54 bits per heavy atom. The van der Waals surface area contributed by atoms with Gasteiger partial charge in [0.2, 0.25) is 5.91 Å². The Bertz CT molecular complexity index is 1130. The van der Waals surface area contributed by atoms with Crippen LogP contribution in [0, 0.1) is 12.8 Å². The van der Waals surface area contributed by atoms with Crippen molar-refractivity contribution in [2.24, 2.45) is 5.92 Å². The molecule has 0 radical (unpaired) electrons. The fourth-order valence-electron chi connectivity index (χ4n) is 5.55. The number of carbonyl (C=O) groups excluding carboxylic acids is 2. The van der Waals surface area contributed by atoms with Crippen molar-refractivity contribution in [2.75, 3.05) is 45.7 Å². The van der Waals surface area contributed by atoms with Gasteiger partial charge in [-0.15, -0.1) is 0 Å². The predicted molar refractivity (Wildman–Crippen MR) is 156 cm³/mol. The Balaban J connectivity index is 1.26. The second kappa shape index (κ2) is 13.3. The Hall–Kier alpha value is -3.10. The van der Waals surface area contributed by atoms with Crippen LogP contribution in [0.4, 0.5) is 10.5 Å². The predicted octanol–water partition coefficient (Wildman–Crippen LogP) is 4.16. The first kappa shape index (κ1) is 28.9. The summed E-state index contributed by atoms with van der Waals surface area (Å²) in [6.45, 7) is 8.95. The molecule has 2 N–H and O–H groups in total. The molecule has 3 amide bonds. The summed E-state index contributed by atoms with van der Waals surface area (Å²) in [6, 6.07) is 14.7. The van der Waals surface area contributed by atoms with Gasteiger partial charge >= 0.3 is 6.03 Å². The Kier molecular flexibility index (Phi) is 9.86. The van der Waals surface area contributed by atoms with E-state index in [-0.39, 0.29) is 24.0 Å². The highest BCUT2D eigenvalue weighted by atomic mass is 16.5. The van der Waals surface area contributed by atoms with Gasteiger partial charge in [0.1, 0.15) is 5.75 Å². The van der Waals surface area contributed by atoms with Crippen LogP contribution >= 0.6 is 0 Å². The lowest BCUT2D eigenvalue weighted by atomic mass is 9.86. The second-order valence-corrected chi connectivity index (χ2v) is 11.4. The molecule has 0 spiro atoms. The van der Waals surface area contributed by atoms with E-state index in [0.29, 0.717) is 12.6 Å². The summed E-state index contributed by atoms with van der Waals surface area (Å²) in [7, 11) is 5.35. The SMILES string of the molecule is Cc1cc(N(C)C(=O)C2CCC(Oc3cccc(CNC(=O)N(C)C)c3)CC2)ccc1CN1CCN[C@@H](C)C1. The van der Waals surface area contributed by atoms with Crippen LogP contribution in [-0.4, -0.2) is 74.7 Å². The number of carbonyl (C=O) groups is 2. The lowest BCUT2D eigenvalue weighted by molar-refractivity contribution is -0.123. The lowest BCUT2D eigenvalue weighted by Crippen LogP contribution is -2.48. The molecule has 2 fully saturated rings. The summed E-state index contributed by atoms with van der Waals surface area (Å²) in [5, 5.41) is 6.38. The van der Waals surface area contributed by atoms with Crippen molar-refractivity contribution >= 4 is 17.6 Å². The number of hydrogen-bond donors (Lipinski definition) is 2. The van der Waals surface area contributed by atoms with Crippen LogP contribution in [0.15, 0.2) is 42.5 Å². The fourth-order valence-corrected chi connectivity index (χ4v) is 5.55. The molecule has 1 aliphatic heterocycles. The van der Waals surface area contributed by atoms with Gasteiger partial charge in [-0.2, -0.15) is 0 Å². The molecule has 8 heteroatoms. The molecule has 4 rings (SSSR count). The van der Waals surface area contributed by atoms with Crippen molar-refractivity contribution in [3.05, 3.63) is 59.2 Å². The zero-order valence-electron chi connectivity index (χ0n) is 24.2. The highest BCUT2D eigenvalue weighted by Crippen LogP contribution is 2.31. The molecule has 1 saturated carbocycles. The van der Waals surface area contributed by atoms with Gasteiger partial charge in [0.05, 0.1) is 6.10 Å². The molecule has 39 heavy (non-hydrogen) atoms. The Labute approximate surface area is 233 Å². The summed E-state index contributed by atoms with van der Waals surface area (Å²) >= 11 is 0. The van der Waals surface area contributed by atoms with E-state index in [1.807, 2.05) is 36.2 Å². The van der Waals surface area contributed by atoms with Crippen LogP contribution in [0.2, 0.25) is 0 Å². The van der Waals surface area contributed by atoms with Crippen molar-refractivity contribution < 1.29 is 14.3 Å². The summed E-state index contributed by atoms with van der Waals surface area (Å²) in [5.41, 5.74) is 4.53. The van der Waals surface area contributed by atoms with Crippen LogP contribution < -0.4 is 20.3 Å². The third kappa shape index (κ3) is 7.96. The molecule has 1 saturated heterocycles. The van der Waals surface area contributed by atoms with E-state index in [1.54, 1.807) is 14.1 Å². The molecule has 2 aromatic carbocycles. The molecule has 212 valence electrons. The first-order chi connectivity index (χ1) is 18.7. The summed E-state index contributed by atoms with van der Waals surface area (Å²) in [4.78, 5) is 31.0. The van der Waals surface area contributed by atoms with Gasteiger partial charge in [-0.1, -0.05) is 18.2 Å². The van der Waals surface area contributed by atoms with Crippen LogP contribution in [-0.2, 0) is 17.9 Å². The number of nitrogens with one attached hydrogen (secondary N) is 2. The van der Waals surface area contributed by atoms with Crippen LogP contribution in [0.1, 0.15) is 49.3 Å². The fraction of sp³-hybridized carbons (Fsp3) is 0.548. The van der Waals surface area contributed by atoms with Crippen molar-refractivity contribution in [1.29, 1.82) is 0 Å². The largest absolute Gasteiger partial charge is 0.490 e. The van der Waals surface area contributed by atoms with Crippen LogP contribution in [0.5, 0.6) is 5.75 Å². The van der Waals surface area contributed by atoms with E-state index >= 15 is 0 Å². The minimum atomic E-state index is -0.120. The Morgan fingerprint density at radius 2 is 1.85 bits per heavy atom. The third-order valence-electron chi connectivity index (χ3n) is 7.97. The normalized spacial score (nSPS) is 21.7. The number of ether oxygens (including phenoxy) is 1. The number of benzene rings is 2. The summed E-state index contributed by atoms with van der Waals surface area (Å²) in [6.07, 6.45) is 3.45. The Morgan fingerprint density at radius 1 is 1.08 bits per heavy atom. The molecule has 0 aromatic heterocycles. The average molecular weight is 536 g/mol. The smallest absolute Gasteiger partial charge is 0.317 e. The van der Waals surface area contributed by atoms with Gasteiger partial charge in [-0.25, -0.2) is 4.79 Å². The van der Waals surface area contributed by atoms with Gasteiger partial charge in [0, 0.05) is 71.5 Å². The number of hydrogen-bond acceptors (Lipinski definition) is 5. The molecular weight excluding hydrogens is 490 g/mol. The van der Waals surface area contributed by atoms with Crippen LogP contribution in [0.3, 0.4) is 0 Å². The molecule has 2 aromatic rings. The molecule has 0 bridgehead atoms. The molecule has 1 heterocycles. The van der Waals surface area contributed by atoms with Crippen molar-refractivity contribution in [1.82, 2.24) is 20.4 Å². The van der Waals surface area contributed by atoms with Gasteiger partial charge < -0.3 is 25.2 Å². The maximum absolute atomic E-state index is 13.4. The van der Waals surface area contributed by atoms with Gasteiger partial charge in [-0.05, 0) is 80.5 Å². The summed E-state index contributed by atoms with van der Waals surface area (Å²) in [5.74, 6) is 1.02. The average Bonchev–Trinajstić information content (AvgIpc) is 2.92. The number of urea groups is 1. The standard InChI is InChI=1S/C31H45N5O3/c1-22-17-27(12-9-26(22)21-36-16-15-32-23(2)20-36)35(5)30(37)25-10-13-28(14-11-25)39-29-8-6-7-24(18-29)19-33-31(38)34(3)4/h6-9,12,17-18,23,25,28,32H,10-11,13-16,19-21H2,1-5H3,(H,33,38)/t23-,25?,28?/m0/s1. The maximum atomic E-state index is 13.4. The van der Waals surface area contributed by atoms with E-state index in [0.717, 1.165) is 68.9 Å². The quantitative estimate of drug-likeness (QED) is 0.531. The van der Waals surface area contributed by atoms with Gasteiger partial charge in [0.25, 0.3) is 0 Å². The number of nitrogens with zero attached hydrogens (tertiary/aromatic N) is 3. The van der Waals surface area contributed by atoms with E-state index in [2.05, 4.69) is 47.6 Å². The molecule has 2 aliphatic rings. The zero-order chi connectivity index (χ0) is 27.9. The first-order valence-corrected chi connectivity index (χ1v) is 14.2. The topological polar surface area (TPSA) is 77.2 Å². The van der Waals surface area contributed by atoms with Gasteiger partial charge in [0.15, 0.2) is 0 Å². The van der Waals surface area contributed by atoms with E-state index in [4.69, 9.17) is 4.74 Å². The van der Waals surface area contributed by atoms with Crippen LogP contribution in [0.25, 0.3) is 0 Å². The molecule has 1 aliphatic carbocycles. The van der Waals surface area contributed by atoms with Crippen molar-refractivity contribution in [3.63, 3.8) is 0 Å². The van der Waals surface area contributed by atoms with Crippen molar-refractivity contribution in [3.8, 4) is 5.75 Å². The summed E-state index contributed by atoms with van der Waals surface area (Å²) < 4.78 is 6.27. The zero-order valence-corrected chi connectivity index (χ0v) is 24.2. The lowest BCUT2D eigenvalue weighted by Gasteiger charge is -2.32. The van der Waals surface area contributed by atoms with Gasteiger partial charge in [-0.3, -0.25) is 9.69 Å². The number of rotatable bonds is 8. The monoisotopic (exact) mass is 535 g/mol. The highest BCUT2D eigenvalue weighted by molar-refractivity contribution is 5.94. The minimum absolute atomic E-state index is 0.0183. The van der Waals surface area contributed by atoms with E-state index in [1.165, 1.54) is 16.0 Å². The first-order valence-electron chi connectivity index (χ1n) is 14.2. The molecular formula is C31H45N5O3. The van der Waals surface area contributed by atoms with Crippen molar-refractivity contribution in [2.45, 2.75) is 64.8 Å². The number of aryl methyl sites for hydroxylation is 1. The second-order valence-electron chi connectivity index (χ2n) is 11.4. The maximum Gasteiger partial charge on any atom is 0.317 e. The number of anilines is 1. The third-order valence-corrected chi connectivity index (χ3v) is 7.97. The number of amides is 3. The van der Waals surface area contributed by atoms with E-state index in [9.17, 15) is 9.59 Å². The highest BCUT2D eigenvalue weighted by Gasteiger charge is 2.30. The molecule has 1 atom stereocenters. The minimum Gasteiger partial charge on any atom is -0.490 e. The number of piperazine rings is 1. The van der Waals surface area contributed by atoms with E-state index < -0.39 is 0 Å². The molecule has 8 nitrogen and oxygen atoms in total.